The summed E-state index contributed by atoms with van der Waals surface area (Å²) in [7, 11) is 3.33. The number of rotatable bonds is 8. The first-order valence-electron chi connectivity index (χ1n) is 9.15. The van der Waals surface area contributed by atoms with Crippen LogP contribution in [0.3, 0.4) is 0 Å². The molecular weight excluding hydrogens is 371 g/mol. The van der Waals surface area contributed by atoms with Gasteiger partial charge in [0.15, 0.2) is 0 Å². The number of hydrogen-bond donors (Lipinski definition) is 1. The van der Waals surface area contributed by atoms with Crippen molar-refractivity contribution in [3.63, 3.8) is 0 Å². The maximum absolute atomic E-state index is 13.2. The number of anilines is 1. The topological polar surface area (TPSA) is 66.8 Å². The SMILES string of the molecule is C=NC(C)=CN(C)c1ccc(C(=O)NCC(C)(C)c2ccc(F)cc2)nc1OC. The molecule has 0 spiro atoms. The van der Waals surface area contributed by atoms with Crippen LogP contribution in [0.1, 0.15) is 36.8 Å². The van der Waals surface area contributed by atoms with Crippen molar-refractivity contribution in [2.24, 2.45) is 4.99 Å². The summed E-state index contributed by atoms with van der Waals surface area (Å²) in [6, 6.07) is 9.68. The Morgan fingerprint density at radius 1 is 1.31 bits per heavy atom. The Morgan fingerprint density at radius 3 is 2.55 bits per heavy atom. The molecule has 0 saturated carbocycles. The second kappa shape index (κ2) is 9.32. The first kappa shape index (κ1) is 22.1. The van der Waals surface area contributed by atoms with Gasteiger partial charge in [0.2, 0.25) is 5.88 Å². The van der Waals surface area contributed by atoms with Gasteiger partial charge in [0.1, 0.15) is 17.2 Å². The number of benzene rings is 1. The van der Waals surface area contributed by atoms with Gasteiger partial charge in [0.05, 0.1) is 12.8 Å². The van der Waals surface area contributed by atoms with E-state index in [1.54, 1.807) is 35.4 Å². The number of nitrogens with zero attached hydrogens (tertiary/aromatic N) is 3. The summed E-state index contributed by atoms with van der Waals surface area (Å²) in [5.74, 6) is -0.276. The van der Waals surface area contributed by atoms with Gasteiger partial charge in [0, 0.05) is 25.2 Å². The smallest absolute Gasteiger partial charge is 0.270 e. The lowest BCUT2D eigenvalue weighted by Gasteiger charge is -2.25. The summed E-state index contributed by atoms with van der Waals surface area (Å²) in [6.45, 7) is 9.65. The molecule has 0 fully saturated rings. The molecule has 0 atom stereocenters. The van der Waals surface area contributed by atoms with Gasteiger partial charge in [0.25, 0.3) is 5.91 Å². The summed E-state index contributed by atoms with van der Waals surface area (Å²) in [6.07, 6.45) is 1.79. The van der Waals surface area contributed by atoms with Crippen LogP contribution < -0.4 is 15.0 Å². The van der Waals surface area contributed by atoms with Gasteiger partial charge in [-0.3, -0.25) is 9.79 Å². The van der Waals surface area contributed by atoms with Crippen molar-refractivity contribution in [1.29, 1.82) is 0 Å². The van der Waals surface area contributed by atoms with Crippen LogP contribution in [0.25, 0.3) is 0 Å². The van der Waals surface area contributed by atoms with Crippen LogP contribution in [0.2, 0.25) is 0 Å². The lowest BCUT2D eigenvalue weighted by Crippen LogP contribution is -2.37. The minimum Gasteiger partial charge on any atom is -0.479 e. The molecule has 2 rings (SSSR count). The van der Waals surface area contributed by atoms with Crippen molar-refractivity contribution >= 4 is 18.3 Å². The number of halogens is 1. The van der Waals surface area contributed by atoms with Crippen LogP contribution in [0.15, 0.2) is 53.3 Å². The number of allylic oxidation sites excluding steroid dienone is 1. The molecule has 2 aromatic rings. The number of nitrogens with one attached hydrogen (secondary N) is 1. The van der Waals surface area contributed by atoms with Crippen molar-refractivity contribution in [1.82, 2.24) is 10.3 Å². The fourth-order valence-electron chi connectivity index (χ4n) is 2.76. The monoisotopic (exact) mass is 398 g/mol. The van der Waals surface area contributed by atoms with Crippen molar-refractivity contribution in [2.45, 2.75) is 26.2 Å². The summed E-state index contributed by atoms with van der Waals surface area (Å²) < 4.78 is 18.5. The second-order valence-electron chi connectivity index (χ2n) is 7.34. The Bertz CT molecular complexity index is 908. The summed E-state index contributed by atoms with van der Waals surface area (Å²) in [4.78, 5) is 22.6. The number of pyridine rings is 1. The van der Waals surface area contributed by atoms with Crippen LogP contribution in [0.5, 0.6) is 5.88 Å². The van der Waals surface area contributed by atoms with E-state index in [0.29, 0.717) is 18.1 Å². The molecule has 0 aliphatic rings. The van der Waals surface area contributed by atoms with Gasteiger partial charge in [-0.15, -0.1) is 0 Å². The quantitative estimate of drug-likeness (QED) is 0.684. The third-order valence-corrected chi connectivity index (χ3v) is 4.59. The Labute approximate surface area is 171 Å². The molecule has 0 unspecified atom stereocenters. The van der Waals surface area contributed by atoms with Gasteiger partial charge < -0.3 is 15.0 Å². The van der Waals surface area contributed by atoms with E-state index in [1.165, 1.54) is 19.2 Å². The van der Waals surface area contributed by atoms with Crippen molar-refractivity contribution in [3.8, 4) is 5.88 Å². The van der Waals surface area contributed by atoms with Gasteiger partial charge >= 0.3 is 0 Å². The van der Waals surface area contributed by atoms with Crippen molar-refractivity contribution < 1.29 is 13.9 Å². The maximum Gasteiger partial charge on any atom is 0.270 e. The summed E-state index contributed by atoms with van der Waals surface area (Å²) in [5, 5.41) is 2.89. The molecule has 0 radical (unpaired) electrons. The number of methoxy groups -OCH3 is 1. The highest BCUT2D eigenvalue weighted by Crippen LogP contribution is 2.27. The number of ether oxygens (including phenoxy) is 1. The second-order valence-corrected chi connectivity index (χ2v) is 7.34. The highest BCUT2D eigenvalue weighted by atomic mass is 19.1. The van der Waals surface area contributed by atoms with E-state index < -0.39 is 0 Å². The van der Waals surface area contributed by atoms with E-state index in [0.717, 1.165) is 11.3 Å². The van der Waals surface area contributed by atoms with Gasteiger partial charge in [-0.05, 0) is 43.5 Å². The Balaban J connectivity index is 2.14. The molecule has 29 heavy (non-hydrogen) atoms. The maximum atomic E-state index is 13.2. The molecule has 1 aromatic carbocycles. The van der Waals surface area contributed by atoms with E-state index >= 15 is 0 Å². The minimum atomic E-state index is -0.367. The highest BCUT2D eigenvalue weighted by molar-refractivity contribution is 5.93. The molecule has 0 aliphatic carbocycles. The van der Waals surface area contributed by atoms with Crippen LogP contribution in [-0.2, 0) is 5.41 Å². The zero-order chi connectivity index (χ0) is 21.6. The molecule has 154 valence electrons. The van der Waals surface area contributed by atoms with Crippen LogP contribution in [-0.4, -0.2) is 38.3 Å². The molecule has 1 aromatic heterocycles. The Hall–Kier alpha value is -3.22. The largest absolute Gasteiger partial charge is 0.479 e. The number of carbonyl (C=O) groups is 1. The number of hydrogen-bond acceptors (Lipinski definition) is 5. The average molecular weight is 398 g/mol. The van der Waals surface area contributed by atoms with Crippen molar-refractivity contribution in [2.75, 3.05) is 25.6 Å². The molecule has 0 saturated heterocycles. The van der Waals surface area contributed by atoms with E-state index in [2.05, 4.69) is 22.0 Å². The van der Waals surface area contributed by atoms with Crippen LogP contribution in [0, 0.1) is 5.82 Å². The van der Waals surface area contributed by atoms with E-state index in [-0.39, 0.29) is 22.8 Å². The van der Waals surface area contributed by atoms with Crippen molar-refractivity contribution in [3.05, 3.63) is 65.4 Å². The summed E-state index contributed by atoms with van der Waals surface area (Å²) >= 11 is 0. The molecule has 1 heterocycles. The fraction of sp³-hybridized carbons (Fsp3) is 0.318. The highest BCUT2D eigenvalue weighted by Gasteiger charge is 2.22. The zero-order valence-electron chi connectivity index (χ0n) is 17.5. The van der Waals surface area contributed by atoms with E-state index in [9.17, 15) is 9.18 Å². The molecule has 7 heteroatoms. The number of aliphatic imine (C=N–C) groups is 1. The van der Waals surface area contributed by atoms with Crippen LogP contribution in [0.4, 0.5) is 10.1 Å². The Morgan fingerprint density at radius 2 is 1.97 bits per heavy atom. The third-order valence-electron chi connectivity index (χ3n) is 4.59. The number of amides is 1. The van der Waals surface area contributed by atoms with Gasteiger partial charge in [-0.2, -0.15) is 0 Å². The first-order chi connectivity index (χ1) is 13.7. The normalized spacial score (nSPS) is 11.7. The summed E-state index contributed by atoms with van der Waals surface area (Å²) in [5.41, 5.74) is 2.24. The molecule has 6 nitrogen and oxygen atoms in total. The van der Waals surface area contributed by atoms with E-state index in [4.69, 9.17) is 4.74 Å². The number of carbonyl (C=O) groups excluding carboxylic acids is 1. The van der Waals surface area contributed by atoms with Gasteiger partial charge in [-0.1, -0.05) is 26.0 Å². The lowest BCUT2D eigenvalue weighted by atomic mass is 9.84. The fourth-order valence-corrected chi connectivity index (χ4v) is 2.76. The molecule has 0 bridgehead atoms. The molecule has 0 aliphatic heterocycles. The number of aromatic nitrogens is 1. The average Bonchev–Trinajstić information content (AvgIpc) is 2.71. The third kappa shape index (κ3) is 5.63. The standard InChI is InChI=1S/C22H27FN4O2/c1-15(24-4)13-27(5)19-12-11-18(26-21(19)29-6)20(28)25-14-22(2,3)16-7-9-17(23)10-8-16/h7-13H,4,14H2,1-3,5-6H3,(H,25,28). The predicted molar refractivity (Wildman–Crippen MR) is 114 cm³/mol. The van der Waals surface area contributed by atoms with Gasteiger partial charge in [-0.25, -0.2) is 9.37 Å². The van der Waals surface area contributed by atoms with E-state index in [1.807, 2.05) is 27.8 Å². The molecule has 1 amide bonds. The molecule has 1 N–H and O–H groups in total. The molecular formula is C22H27FN4O2. The predicted octanol–water partition coefficient (Wildman–Crippen LogP) is 3.94. The Kier molecular flexibility index (Phi) is 7.09. The zero-order valence-corrected chi connectivity index (χ0v) is 17.5. The minimum absolute atomic E-state index is 0.247. The first-order valence-corrected chi connectivity index (χ1v) is 9.15. The van der Waals surface area contributed by atoms with Crippen LogP contribution >= 0.6 is 0 Å². The lowest BCUT2D eigenvalue weighted by molar-refractivity contribution is 0.0940.